The summed E-state index contributed by atoms with van der Waals surface area (Å²) in [5.74, 6) is -0.622. The molecule has 0 saturated heterocycles. The van der Waals surface area contributed by atoms with Crippen LogP contribution in [0.15, 0.2) is 12.1 Å². The topological polar surface area (TPSA) is 47.3 Å². The number of hydrogen-bond acceptors (Lipinski definition) is 3. The molecule has 0 aromatic heterocycles. The molecule has 3 N–H and O–H groups in total. The number of ether oxygens (including phenoxy) is 1. The molecule has 0 radical (unpaired) electrons. The third kappa shape index (κ3) is 3.57. The fourth-order valence-electron chi connectivity index (χ4n) is 1.65. The molecule has 0 heterocycles. The van der Waals surface area contributed by atoms with Crippen LogP contribution in [0.1, 0.15) is 13.8 Å². The van der Waals surface area contributed by atoms with Gasteiger partial charge in [0.1, 0.15) is 5.82 Å². The van der Waals surface area contributed by atoms with Crippen molar-refractivity contribution < 1.29 is 13.5 Å². The lowest BCUT2D eigenvalue weighted by Gasteiger charge is -2.20. The molecule has 0 aliphatic carbocycles. The highest BCUT2D eigenvalue weighted by Crippen LogP contribution is 2.25. The minimum atomic E-state index is -0.588. The molecule has 1 rings (SSSR count). The zero-order chi connectivity index (χ0) is 13.7. The van der Waals surface area contributed by atoms with Gasteiger partial charge in [-0.05, 0) is 18.4 Å². The van der Waals surface area contributed by atoms with E-state index >= 15 is 0 Å². The van der Waals surface area contributed by atoms with Gasteiger partial charge in [0.25, 0.3) is 0 Å². The average Bonchev–Trinajstić information content (AvgIpc) is 2.33. The van der Waals surface area contributed by atoms with Gasteiger partial charge in [0.15, 0.2) is 11.6 Å². The predicted octanol–water partition coefficient (Wildman–Crippen LogP) is 2.62. The van der Waals surface area contributed by atoms with Gasteiger partial charge in [-0.25, -0.2) is 8.78 Å². The first kappa shape index (κ1) is 14.7. The fourth-order valence-corrected chi connectivity index (χ4v) is 1.65. The lowest BCUT2D eigenvalue weighted by Crippen LogP contribution is -2.27. The summed E-state index contributed by atoms with van der Waals surface area (Å²) in [6, 6.07) is 2.13. The lowest BCUT2D eigenvalue weighted by atomic mass is 9.96. The summed E-state index contributed by atoms with van der Waals surface area (Å²) in [4.78, 5) is 0. The van der Waals surface area contributed by atoms with Gasteiger partial charge in [0, 0.05) is 18.7 Å². The quantitative estimate of drug-likeness (QED) is 0.824. The first-order valence-corrected chi connectivity index (χ1v) is 5.96. The Morgan fingerprint density at radius 1 is 1.28 bits per heavy atom. The number of nitrogens with one attached hydrogen (secondary N) is 1. The van der Waals surface area contributed by atoms with E-state index in [1.807, 2.05) is 13.8 Å². The van der Waals surface area contributed by atoms with Gasteiger partial charge >= 0.3 is 0 Å². The van der Waals surface area contributed by atoms with Crippen LogP contribution in [0.2, 0.25) is 0 Å². The standard InChI is InChI=1S/C13H20F2N2O/c1-8(2)9(6-16)7-17-12-4-11(15)13(18-3)5-10(12)14/h4-5,8-9,17H,6-7,16H2,1-3H3. The molecule has 1 aromatic carbocycles. The minimum Gasteiger partial charge on any atom is -0.494 e. The van der Waals surface area contributed by atoms with Gasteiger partial charge in [-0.3, -0.25) is 0 Å². The summed E-state index contributed by atoms with van der Waals surface area (Å²) in [6.45, 7) is 5.11. The van der Waals surface area contributed by atoms with Crippen LogP contribution >= 0.6 is 0 Å². The zero-order valence-corrected chi connectivity index (χ0v) is 11.0. The molecule has 0 aliphatic heterocycles. The SMILES string of the molecule is COc1cc(F)c(NCC(CN)C(C)C)cc1F. The van der Waals surface area contributed by atoms with E-state index in [0.717, 1.165) is 12.1 Å². The van der Waals surface area contributed by atoms with Gasteiger partial charge < -0.3 is 15.8 Å². The number of halogens is 2. The molecule has 1 unspecified atom stereocenters. The maximum atomic E-state index is 13.6. The van der Waals surface area contributed by atoms with E-state index in [0.29, 0.717) is 19.0 Å². The zero-order valence-electron chi connectivity index (χ0n) is 11.0. The van der Waals surface area contributed by atoms with E-state index in [9.17, 15) is 8.78 Å². The molecule has 0 amide bonds. The summed E-state index contributed by atoms with van der Waals surface area (Å²) in [7, 11) is 1.30. The Labute approximate surface area is 106 Å². The first-order chi connectivity index (χ1) is 8.49. The van der Waals surface area contributed by atoms with Crippen molar-refractivity contribution in [2.24, 2.45) is 17.6 Å². The Balaban J connectivity index is 2.76. The monoisotopic (exact) mass is 258 g/mol. The highest BCUT2D eigenvalue weighted by molar-refractivity contribution is 5.48. The highest BCUT2D eigenvalue weighted by atomic mass is 19.1. The van der Waals surface area contributed by atoms with Crippen molar-refractivity contribution in [1.82, 2.24) is 0 Å². The van der Waals surface area contributed by atoms with Gasteiger partial charge in [-0.15, -0.1) is 0 Å². The van der Waals surface area contributed by atoms with Crippen molar-refractivity contribution in [2.45, 2.75) is 13.8 Å². The second kappa shape index (κ2) is 6.54. The van der Waals surface area contributed by atoms with Crippen molar-refractivity contribution in [2.75, 3.05) is 25.5 Å². The third-order valence-electron chi connectivity index (χ3n) is 3.04. The van der Waals surface area contributed by atoms with Crippen molar-refractivity contribution in [3.05, 3.63) is 23.8 Å². The largest absolute Gasteiger partial charge is 0.494 e. The maximum Gasteiger partial charge on any atom is 0.167 e. The first-order valence-electron chi connectivity index (χ1n) is 5.96. The van der Waals surface area contributed by atoms with E-state index in [2.05, 4.69) is 5.32 Å². The normalized spacial score (nSPS) is 12.6. The Morgan fingerprint density at radius 3 is 2.44 bits per heavy atom. The van der Waals surface area contributed by atoms with Crippen LogP contribution in [-0.4, -0.2) is 20.2 Å². The molecule has 0 saturated carbocycles. The van der Waals surface area contributed by atoms with Crippen LogP contribution < -0.4 is 15.8 Å². The molecule has 0 aliphatic rings. The Kier molecular flexibility index (Phi) is 5.34. The van der Waals surface area contributed by atoms with E-state index in [1.54, 1.807) is 0 Å². The second-order valence-electron chi connectivity index (χ2n) is 4.59. The summed E-state index contributed by atoms with van der Waals surface area (Å²) in [5.41, 5.74) is 5.76. The number of rotatable bonds is 6. The van der Waals surface area contributed by atoms with Crippen molar-refractivity contribution in [3.63, 3.8) is 0 Å². The van der Waals surface area contributed by atoms with E-state index in [4.69, 9.17) is 10.5 Å². The van der Waals surface area contributed by atoms with Crippen molar-refractivity contribution in [1.29, 1.82) is 0 Å². The maximum absolute atomic E-state index is 13.6. The van der Waals surface area contributed by atoms with E-state index in [-0.39, 0.29) is 17.4 Å². The predicted molar refractivity (Wildman–Crippen MR) is 68.8 cm³/mol. The van der Waals surface area contributed by atoms with Crippen LogP contribution in [0, 0.1) is 23.5 Å². The number of hydrogen-bond donors (Lipinski definition) is 2. The number of anilines is 1. The summed E-state index contributed by atoms with van der Waals surface area (Å²) < 4.78 is 31.8. The highest BCUT2D eigenvalue weighted by Gasteiger charge is 2.14. The molecule has 5 heteroatoms. The third-order valence-corrected chi connectivity index (χ3v) is 3.04. The van der Waals surface area contributed by atoms with Crippen LogP contribution in [-0.2, 0) is 0 Å². The average molecular weight is 258 g/mol. The molecule has 102 valence electrons. The van der Waals surface area contributed by atoms with Gasteiger partial charge in [0.2, 0.25) is 0 Å². The molecule has 1 atom stereocenters. The number of benzene rings is 1. The fraction of sp³-hybridized carbons (Fsp3) is 0.538. The number of methoxy groups -OCH3 is 1. The Morgan fingerprint density at radius 2 is 1.94 bits per heavy atom. The van der Waals surface area contributed by atoms with Crippen LogP contribution in [0.25, 0.3) is 0 Å². The smallest absolute Gasteiger partial charge is 0.167 e. The number of nitrogens with two attached hydrogens (primary N) is 1. The Hall–Kier alpha value is -1.36. The van der Waals surface area contributed by atoms with Gasteiger partial charge in [-0.1, -0.05) is 13.8 Å². The second-order valence-corrected chi connectivity index (χ2v) is 4.59. The molecule has 3 nitrogen and oxygen atoms in total. The molecule has 0 fully saturated rings. The van der Waals surface area contributed by atoms with Gasteiger partial charge in [0.05, 0.1) is 12.8 Å². The molecule has 0 spiro atoms. The summed E-state index contributed by atoms with van der Waals surface area (Å²) in [6.07, 6.45) is 0. The minimum absolute atomic E-state index is 0.0997. The summed E-state index contributed by atoms with van der Waals surface area (Å²) >= 11 is 0. The summed E-state index contributed by atoms with van der Waals surface area (Å²) in [5, 5.41) is 2.89. The molecule has 1 aromatic rings. The Bertz CT molecular complexity index is 397. The molecule has 0 bridgehead atoms. The van der Waals surface area contributed by atoms with Crippen molar-refractivity contribution in [3.8, 4) is 5.75 Å². The lowest BCUT2D eigenvalue weighted by molar-refractivity contribution is 0.382. The van der Waals surface area contributed by atoms with Crippen LogP contribution in [0.3, 0.4) is 0 Å². The van der Waals surface area contributed by atoms with Crippen molar-refractivity contribution >= 4 is 5.69 Å². The molecular formula is C13H20F2N2O. The van der Waals surface area contributed by atoms with Crippen LogP contribution in [0.4, 0.5) is 14.5 Å². The van der Waals surface area contributed by atoms with Gasteiger partial charge in [-0.2, -0.15) is 0 Å². The van der Waals surface area contributed by atoms with Crippen LogP contribution in [0.5, 0.6) is 5.75 Å². The van der Waals surface area contributed by atoms with E-state index in [1.165, 1.54) is 7.11 Å². The molecule has 18 heavy (non-hydrogen) atoms. The van der Waals surface area contributed by atoms with E-state index < -0.39 is 11.6 Å². The molecular weight excluding hydrogens is 238 g/mol.